The molecular weight excluding hydrogens is 220 g/mol. The van der Waals surface area contributed by atoms with E-state index in [2.05, 4.69) is 15.9 Å². The zero-order chi connectivity index (χ0) is 8.65. The number of hydrogen-bond acceptors (Lipinski definition) is 2. The van der Waals surface area contributed by atoms with Crippen molar-refractivity contribution >= 4 is 15.9 Å². The minimum Gasteiger partial charge on any atom is -0.353 e. The average molecular weight is 235 g/mol. The van der Waals surface area contributed by atoms with Gasteiger partial charge in [0, 0.05) is 11.9 Å². The van der Waals surface area contributed by atoms with Crippen LogP contribution in [0.1, 0.15) is 19.3 Å². The molecule has 1 rings (SSSR count). The summed E-state index contributed by atoms with van der Waals surface area (Å²) in [6.45, 7) is 1.52. The Labute approximate surface area is 82.1 Å². The van der Waals surface area contributed by atoms with Gasteiger partial charge in [-0.15, -0.1) is 0 Å². The monoisotopic (exact) mass is 234 g/mol. The van der Waals surface area contributed by atoms with Gasteiger partial charge in [0.1, 0.15) is 0 Å². The van der Waals surface area contributed by atoms with Crippen molar-refractivity contribution in [2.45, 2.75) is 25.6 Å². The number of ether oxygens (including phenoxy) is 2. The maximum atomic E-state index is 5.46. The molecule has 1 aliphatic rings. The third kappa shape index (κ3) is 4.24. The van der Waals surface area contributed by atoms with Crippen LogP contribution in [-0.2, 0) is 9.47 Å². The fraction of sp³-hybridized carbons (Fsp3) is 0.778. The molecule has 0 aromatic rings. The Kier molecular flexibility index (Phi) is 5.65. The van der Waals surface area contributed by atoms with Crippen molar-refractivity contribution in [2.75, 3.05) is 18.5 Å². The molecule has 1 saturated heterocycles. The summed E-state index contributed by atoms with van der Waals surface area (Å²) in [5.74, 6) is 0. The third-order valence-electron chi connectivity index (χ3n) is 1.77. The normalized spacial score (nSPS) is 24.9. The summed E-state index contributed by atoms with van der Waals surface area (Å²) < 4.78 is 10.8. The lowest BCUT2D eigenvalue weighted by atomic mass is 10.2. The van der Waals surface area contributed by atoms with E-state index < -0.39 is 0 Å². The van der Waals surface area contributed by atoms with Crippen molar-refractivity contribution in [2.24, 2.45) is 0 Å². The predicted molar refractivity (Wildman–Crippen MR) is 52.5 cm³/mol. The van der Waals surface area contributed by atoms with Crippen molar-refractivity contribution in [3.8, 4) is 0 Å². The molecule has 3 heteroatoms. The van der Waals surface area contributed by atoms with E-state index >= 15 is 0 Å². The number of halogens is 1. The van der Waals surface area contributed by atoms with Gasteiger partial charge in [0.05, 0.1) is 6.61 Å². The second-order valence-corrected chi connectivity index (χ2v) is 3.40. The van der Waals surface area contributed by atoms with Crippen LogP contribution in [0.4, 0.5) is 0 Å². The second-order valence-electron chi connectivity index (χ2n) is 2.76. The first-order chi connectivity index (χ1) is 5.93. The summed E-state index contributed by atoms with van der Waals surface area (Å²) in [5, 5.41) is 0.891. The lowest BCUT2D eigenvalue weighted by Gasteiger charge is -2.21. The highest BCUT2D eigenvalue weighted by atomic mass is 79.9. The fourth-order valence-corrected chi connectivity index (χ4v) is 1.40. The maximum Gasteiger partial charge on any atom is 0.157 e. The van der Waals surface area contributed by atoms with Crippen molar-refractivity contribution in [3.05, 3.63) is 12.2 Å². The van der Waals surface area contributed by atoms with Crippen molar-refractivity contribution in [1.29, 1.82) is 0 Å². The fourth-order valence-electron chi connectivity index (χ4n) is 1.14. The quantitative estimate of drug-likeness (QED) is 0.550. The summed E-state index contributed by atoms with van der Waals surface area (Å²) in [6, 6.07) is 0. The summed E-state index contributed by atoms with van der Waals surface area (Å²) in [7, 11) is 0. The SMILES string of the molecule is BrC/C=C\CO[C@@H]1CCCCO1. The number of alkyl halides is 1. The van der Waals surface area contributed by atoms with E-state index in [1.165, 1.54) is 12.8 Å². The molecule has 0 aromatic heterocycles. The molecule has 0 unspecified atom stereocenters. The Balaban J connectivity index is 2.01. The average Bonchev–Trinajstić information content (AvgIpc) is 2.14. The topological polar surface area (TPSA) is 18.5 Å². The van der Waals surface area contributed by atoms with E-state index in [4.69, 9.17) is 9.47 Å². The standard InChI is InChI=1S/C9H15BrO2/c10-6-2-4-8-12-9-5-1-3-7-11-9/h2,4,9H,1,3,5-8H2/b4-2-/t9-/m1/s1. The van der Waals surface area contributed by atoms with Crippen LogP contribution in [0.3, 0.4) is 0 Å². The molecule has 70 valence electrons. The Morgan fingerprint density at radius 1 is 1.42 bits per heavy atom. The summed E-state index contributed by atoms with van der Waals surface area (Å²) in [6.07, 6.45) is 7.53. The molecule has 0 aromatic carbocycles. The van der Waals surface area contributed by atoms with E-state index in [1.54, 1.807) is 0 Å². The van der Waals surface area contributed by atoms with Crippen LogP contribution in [0.15, 0.2) is 12.2 Å². The Morgan fingerprint density at radius 2 is 2.33 bits per heavy atom. The van der Waals surface area contributed by atoms with Gasteiger partial charge in [-0.05, 0) is 19.3 Å². The molecule has 1 heterocycles. The molecule has 0 aliphatic carbocycles. The van der Waals surface area contributed by atoms with Crippen LogP contribution in [0.2, 0.25) is 0 Å². The molecule has 2 nitrogen and oxygen atoms in total. The van der Waals surface area contributed by atoms with Crippen LogP contribution in [0.25, 0.3) is 0 Å². The highest BCUT2D eigenvalue weighted by Gasteiger charge is 2.12. The van der Waals surface area contributed by atoms with Gasteiger partial charge in [-0.2, -0.15) is 0 Å². The molecule has 0 spiro atoms. The lowest BCUT2D eigenvalue weighted by Crippen LogP contribution is -2.22. The first kappa shape index (κ1) is 10.2. The molecule has 1 fully saturated rings. The van der Waals surface area contributed by atoms with E-state index in [0.717, 1.165) is 18.4 Å². The molecular formula is C9H15BrO2. The van der Waals surface area contributed by atoms with Crippen LogP contribution in [0, 0.1) is 0 Å². The Hall–Kier alpha value is 0.140. The van der Waals surface area contributed by atoms with Gasteiger partial charge < -0.3 is 9.47 Å². The van der Waals surface area contributed by atoms with E-state index in [1.807, 2.05) is 12.2 Å². The Morgan fingerprint density at radius 3 is 3.00 bits per heavy atom. The second kappa shape index (κ2) is 6.63. The minimum atomic E-state index is 0.0405. The van der Waals surface area contributed by atoms with E-state index in [0.29, 0.717) is 6.61 Å². The smallest absolute Gasteiger partial charge is 0.157 e. The molecule has 0 radical (unpaired) electrons. The van der Waals surface area contributed by atoms with Gasteiger partial charge in [0.2, 0.25) is 0 Å². The van der Waals surface area contributed by atoms with Crippen molar-refractivity contribution in [1.82, 2.24) is 0 Å². The Bertz CT molecular complexity index is 130. The first-order valence-corrected chi connectivity index (χ1v) is 5.50. The van der Waals surface area contributed by atoms with Crippen LogP contribution in [0.5, 0.6) is 0 Å². The van der Waals surface area contributed by atoms with Gasteiger partial charge in [-0.25, -0.2) is 0 Å². The van der Waals surface area contributed by atoms with Crippen LogP contribution >= 0.6 is 15.9 Å². The maximum absolute atomic E-state index is 5.46. The zero-order valence-electron chi connectivity index (χ0n) is 7.17. The van der Waals surface area contributed by atoms with Gasteiger partial charge in [-0.1, -0.05) is 28.1 Å². The molecule has 0 N–H and O–H groups in total. The molecule has 1 aliphatic heterocycles. The molecule has 0 bridgehead atoms. The van der Waals surface area contributed by atoms with Gasteiger partial charge in [-0.3, -0.25) is 0 Å². The lowest BCUT2D eigenvalue weighted by molar-refractivity contribution is -0.155. The van der Waals surface area contributed by atoms with Gasteiger partial charge >= 0.3 is 0 Å². The number of hydrogen-bond donors (Lipinski definition) is 0. The first-order valence-electron chi connectivity index (χ1n) is 4.37. The minimum absolute atomic E-state index is 0.0405. The summed E-state index contributed by atoms with van der Waals surface area (Å²) in [4.78, 5) is 0. The highest BCUT2D eigenvalue weighted by molar-refractivity contribution is 9.09. The van der Waals surface area contributed by atoms with Gasteiger partial charge in [0.25, 0.3) is 0 Å². The van der Waals surface area contributed by atoms with E-state index in [-0.39, 0.29) is 6.29 Å². The molecule has 12 heavy (non-hydrogen) atoms. The highest BCUT2D eigenvalue weighted by Crippen LogP contribution is 2.13. The molecule has 0 amide bonds. The number of allylic oxidation sites excluding steroid dienone is 1. The predicted octanol–water partition coefficient (Wildman–Crippen LogP) is 2.48. The van der Waals surface area contributed by atoms with Gasteiger partial charge in [0.15, 0.2) is 6.29 Å². The van der Waals surface area contributed by atoms with Crippen LogP contribution in [-0.4, -0.2) is 24.8 Å². The number of rotatable bonds is 4. The molecule has 0 saturated carbocycles. The molecule has 1 atom stereocenters. The largest absolute Gasteiger partial charge is 0.353 e. The summed E-state index contributed by atoms with van der Waals surface area (Å²) in [5.41, 5.74) is 0. The van der Waals surface area contributed by atoms with E-state index in [9.17, 15) is 0 Å². The van der Waals surface area contributed by atoms with Crippen molar-refractivity contribution < 1.29 is 9.47 Å². The zero-order valence-corrected chi connectivity index (χ0v) is 8.76. The van der Waals surface area contributed by atoms with Crippen molar-refractivity contribution in [3.63, 3.8) is 0 Å². The van der Waals surface area contributed by atoms with Crippen LogP contribution < -0.4 is 0 Å². The summed E-state index contributed by atoms with van der Waals surface area (Å²) >= 11 is 3.30. The third-order valence-corrected chi connectivity index (χ3v) is 2.15.